The van der Waals surface area contributed by atoms with Gasteiger partial charge in [-0.25, -0.2) is 4.98 Å². The van der Waals surface area contributed by atoms with Crippen molar-refractivity contribution in [2.24, 2.45) is 5.92 Å². The Morgan fingerprint density at radius 3 is 2.83 bits per heavy atom. The second kappa shape index (κ2) is 6.69. The van der Waals surface area contributed by atoms with Gasteiger partial charge in [0.25, 0.3) is 5.91 Å². The first kappa shape index (κ1) is 16.0. The summed E-state index contributed by atoms with van der Waals surface area (Å²) in [5, 5.41) is 0. The highest BCUT2D eigenvalue weighted by Crippen LogP contribution is 2.34. The molecule has 5 heteroatoms. The average Bonchev–Trinajstić information content (AvgIpc) is 3.14. The standard InChI is InChI=1S/C18H24N2O3/c1-12(2)23-17-10-4-7-14(19-17)18(22)20-11-5-8-15(20)13-6-3-9-16(13)21/h4,7,10,12-13,15H,3,5-6,8-9,11H2,1-2H3. The van der Waals surface area contributed by atoms with Crippen molar-refractivity contribution in [3.63, 3.8) is 0 Å². The number of rotatable bonds is 4. The molecule has 2 atom stereocenters. The van der Waals surface area contributed by atoms with Crippen molar-refractivity contribution in [1.82, 2.24) is 9.88 Å². The van der Waals surface area contributed by atoms with Gasteiger partial charge in [-0.15, -0.1) is 0 Å². The summed E-state index contributed by atoms with van der Waals surface area (Å²) in [5.74, 6) is 0.732. The maximum atomic E-state index is 12.9. The number of nitrogens with zero attached hydrogens (tertiary/aromatic N) is 2. The molecule has 23 heavy (non-hydrogen) atoms. The van der Waals surface area contributed by atoms with Crippen LogP contribution in [0.5, 0.6) is 5.88 Å². The number of aromatic nitrogens is 1. The molecule has 0 bridgehead atoms. The molecule has 1 aromatic rings. The number of Topliss-reactive ketones (excluding diaryl/α,β-unsaturated/α-hetero) is 1. The minimum absolute atomic E-state index is 0.0171. The van der Waals surface area contributed by atoms with Crippen LogP contribution in [-0.4, -0.2) is 40.3 Å². The van der Waals surface area contributed by atoms with Crippen LogP contribution in [0.15, 0.2) is 18.2 Å². The van der Waals surface area contributed by atoms with Crippen molar-refractivity contribution in [2.45, 2.75) is 58.1 Å². The first-order chi connectivity index (χ1) is 11.1. The molecule has 1 aliphatic heterocycles. The summed E-state index contributed by atoms with van der Waals surface area (Å²) in [6, 6.07) is 5.33. The van der Waals surface area contributed by atoms with Crippen molar-refractivity contribution in [1.29, 1.82) is 0 Å². The zero-order valence-corrected chi connectivity index (χ0v) is 13.8. The molecule has 0 radical (unpaired) electrons. The SMILES string of the molecule is CC(C)Oc1cccc(C(=O)N2CCCC2C2CCCC2=O)n1. The highest BCUT2D eigenvalue weighted by Gasteiger charge is 2.40. The van der Waals surface area contributed by atoms with E-state index in [4.69, 9.17) is 4.74 Å². The number of likely N-dealkylation sites (tertiary alicyclic amines) is 1. The van der Waals surface area contributed by atoms with E-state index < -0.39 is 0 Å². The predicted octanol–water partition coefficient (Wildman–Crippen LogP) is 2.84. The number of amides is 1. The molecule has 0 N–H and O–H groups in total. The van der Waals surface area contributed by atoms with E-state index >= 15 is 0 Å². The lowest BCUT2D eigenvalue weighted by molar-refractivity contribution is -0.121. The minimum Gasteiger partial charge on any atom is -0.475 e. The zero-order chi connectivity index (χ0) is 16.4. The number of carbonyl (C=O) groups is 2. The Morgan fingerprint density at radius 1 is 1.30 bits per heavy atom. The molecule has 3 rings (SSSR count). The molecule has 1 amide bonds. The van der Waals surface area contributed by atoms with Crippen LogP contribution in [-0.2, 0) is 4.79 Å². The lowest BCUT2D eigenvalue weighted by atomic mass is 9.95. The highest BCUT2D eigenvalue weighted by molar-refractivity contribution is 5.93. The Kier molecular flexibility index (Phi) is 4.64. The van der Waals surface area contributed by atoms with E-state index in [9.17, 15) is 9.59 Å². The highest BCUT2D eigenvalue weighted by atomic mass is 16.5. The molecule has 0 aromatic carbocycles. The maximum absolute atomic E-state index is 12.9. The Morgan fingerprint density at radius 2 is 2.13 bits per heavy atom. The lowest BCUT2D eigenvalue weighted by Crippen LogP contribution is -2.41. The lowest BCUT2D eigenvalue weighted by Gasteiger charge is -2.28. The van der Waals surface area contributed by atoms with Crippen LogP contribution in [0.25, 0.3) is 0 Å². The van der Waals surface area contributed by atoms with Gasteiger partial charge in [-0.05, 0) is 45.6 Å². The molecule has 2 aliphatic rings. The van der Waals surface area contributed by atoms with Gasteiger partial charge in [-0.3, -0.25) is 9.59 Å². The first-order valence-corrected chi connectivity index (χ1v) is 8.53. The Balaban J connectivity index is 1.77. The van der Waals surface area contributed by atoms with E-state index in [-0.39, 0.29) is 24.0 Å². The van der Waals surface area contributed by atoms with Gasteiger partial charge < -0.3 is 9.64 Å². The Bertz CT molecular complexity index is 600. The molecule has 0 spiro atoms. The van der Waals surface area contributed by atoms with Crippen LogP contribution >= 0.6 is 0 Å². The fourth-order valence-electron chi connectivity index (χ4n) is 3.70. The van der Waals surface area contributed by atoms with Crippen LogP contribution in [0.2, 0.25) is 0 Å². The van der Waals surface area contributed by atoms with Gasteiger partial charge >= 0.3 is 0 Å². The number of ketones is 1. The molecule has 1 saturated heterocycles. The average molecular weight is 316 g/mol. The van der Waals surface area contributed by atoms with Crippen molar-refractivity contribution in [3.05, 3.63) is 23.9 Å². The molecule has 1 saturated carbocycles. The van der Waals surface area contributed by atoms with Gasteiger partial charge in [-0.1, -0.05) is 6.07 Å². The fourth-order valence-corrected chi connectivity index (χ4v) is 3.70. The van der Waals surface area contributed by atoms with Crippen molar-refractivity contribution in [3.8, 4) is 5.88 Å². The maximum Gasteiger partial charge on any atom is 0.272 e. The van der Waals surface area contributed by atoms with E-state index in [0.29, 0.717) is 30.3 Å². The number of ether oxygens (including phenoxy) is 1. The van der Waals surface area contributed by atoms with E-state index in [0.717, 1.165) is 25.7 Å². The number of hydrogen-bond acceptors (Lipinski definition) is 4. The molecule has 2 unspecified atom stereocenters. The van der Waals surface area contributed by atoms with Gasteiger partial charge in [0, 0.05) is 31.0 Å². The van der Waals surface area contributed by atoms with Crippen LogP contribution < -0.4 is 4.74 Å². The molecule has 1 aliphatic carbocycles. The van der Waals surface area contributed by atoms with Gasteiger partial charge in [0.05, 0.1) is 6.10 Å². The quantitative estimate of drug-likeness (QED) is 0.857. The van der Waals surface area contributed by atoms with E-state index in [2.05, 4.69) is 4.98 Å². The molecule has 5 nitrogen and oxygen atoms in total. The monoisotopic (exact) mass is 316 g/mol. The topological polar surface area (TPSA) is 59.5 Å². The van der Waals surface area contributed by atoms with Crippen LogP contribution in [0, 0.1) is 5.92 Å². The van der Waals surface area contributed by atoms with E-state index in [1.165, 1.54) is 0 Å². The third-order valence-electron chi connectivity index (χ3n) is 4.68. The molecule has 2 heterocycles. The molecule has 2 fully saturated rings. The Hall–Kier alpha value is -1.91. The summed E-state index contributed by atoms with van der Waals surface area (Å²) < 4.78 is 5.58. The predicted molar refractivity (Wildman–Crippen MR) is 86.4 cm³/mol. The largest absolute Gasteiger partial charge is 0.475 e. The van der Waals surface area contributed by atoms with Gasteiger partial charge in [0.2, 0.25) is 5.88 Å². The second-order valence-corrected chi connectivity index (χ2v) is 6.70. The van der Waals surface area contributed by atoms with Crippen LogP contribution in [0.1, 0.15) is 56.4 Å². The summed E-state index contributed by atoms with van der Waals surface area (Å²) in [6.07, 6.45) is 4.43. The number of pyridine rings is 1. The third-order valence-corrected chi connectivity index (χ3v) is 4.68. The van der Waals surface area contributed by atoms with Gasteiger partial charge in [-0.2, -0.15) is 0 Å². The summed E-state index contributed by atoms with van der Waals surface area (Å²) >= 11 is 0. The first-order valence-electron chi connectivity index (χ1n) is 8.53. The molecule has 1 aromatic heterocycles. The van der Waals surface area contributed by atoms with Crippen molar-refractivity contribution in [2.75, 3.05) is 6.54 Å². The number of hydrogen-bond donors (Lipinski definition) is 0. The Labute approximate surface area is 137 Å². The smallest absolute Gasteiger partial charge is 0.272 e. The summed E-state index contributed by atoms with van der Waals surface area (Å²) in [4.78, 5) is 31.1. The van der Waals surface area contributed by atoms with E-state index in [1.807, 2.05) is 18.7 Å². The van der Waals surface area contributed by atoms with Gasteiger partial charge in [0.1, 0.15) is 11.5 Å². The molecular weight excluding hydrogens is 292 g/mol. The van der Waals surface area contributed by atoms with Crippen molar-refractivity contribution < 1.29 is 14.3 Å². The summed E-state index contributed by atoms with van der Waals surface area (Å²) in [6.45, 7) is 4.57. The second-order valence-electron chi connectivity index (χ2n) is 6.70. The fraction of sp³-hybridized carbons (Fsp3) is 0.611. The normalized spacial score (nSPS) is 24.5. The molecular formula is C18H24N2O3. The molecule has 124 valence electrons. The van der Waals surface area contributed by atoms with E-state index in [1.54, 1.807) is 18.2 Å². The minimum atomic E-state index is -0.0820. The van der Waals surface area contributed by atoms with Gasteiger partial charge in [0.15, 0.2) is 0 Å². The van der Waals surface area contributed by atoms with Crippen molar-refractivity contribution >= 4 is 11.7 Å². The number of carbonyl (C=O) groups excluding carboxylic acids is 2. The summed E-state index contributed by atoms with van der Waals surface area (Å²) in [5.41, 5.74) is 0.403. The summed E-state index contributed by atoms with van der Waals surface area (Å²) in [7, 11) is 0. The van der Waals surface area contributed by atoms with Crippen LogP contribution in [0.3, 0.4) is 0 Å². The zero-order valence-electron chi connectivity index (χ0n) is 13.8. The van der Waals surface area contributed by atoms with Crippen LogP contribution in [0.4, 0.5) is 0 Å². The third kappa shape index (κ3) is 3.38.